The lowest BCUT2D eigenvalue weighted by Crippen LogP contribution is -2.43. The quantitative estimate of drug-likeness (QED) is 0.636. The van der Waals surface area contributed by atoms with Crippen molar-refractivity contribution in [2.45, 2.75) is 26.4 Å². The first-order chi connectivity index (χ1) is 9.42. The Kier molecular flexibility index (Phi) is 6.31. The van der Waals surface area contributed by atoms with Gasteiger partial charge < -0.3 is 20.7 Å². The second-order valence-corrected chi connectivity index (χ2v) is 5.66. The zero-order valence-electron chi connectivity index (χ0n) is 12.6. The number of rotatable bonds is 2. The molecule has 0 saturated carbocycles. The monoisotopic (exact) mass is 279 g/mol. The van der Waals surface area contributed by atoms with Crippen molar-refractivity contribution in [3.05, 3.63) is 24.3 Å². The van der Waals surface area contributed by atoms with Gasteiger partial charge in [0, 0.05) is 37.6 Å². The molecule has 1 saturated heterocycles. The fraction of sp³-hybridized carbons (Fsp3) is 0.533. The van der Waals surface area contributed by atoms with E-state index in [9.17, 15) is 4.79 Å². The molecule has 5 nitrogen and oxygen atoms in total. The SMILES string of the molecule is CC(C)(C)OC=O.Nc1ccc(N2CCNCC2)cc1. The Balaban J connectivity index is 0.000000246. The summed E-state index contributed by atoms with van der Waals surface area (Å²) in [5.41, 5.74) is 7.41. The molecule has 1 heterocycles. The number of nitrogens with zero attached hydrogens (tertiary/aromatic N) is 1. The smallest absolute Gasteiger partial charge is 0.293 e. The number of benzene rings is 1. The van der Waals surface area contributed by atoms with Gasteiger partial charge in [-0.15, -0.1) is 0 Å². The van der Waals surface area contributed by atoms with Gasteiger partial charge in [-0.05, 0) is 45.0 Å². The van der Waals surface area contributed by atoms with Crippen LogP contribution in [0.25, 0.3) is 0 Å². The summed E-state index contributed by atoms with van der Waals surface area (Å²) < 4.78 is 4.55. The molecule has 3 N–H and O–H groups in total. The van der Waals surface area contributed by atoms with E-state index in [4.69, 9.17) is 5.73 Å². The molecule has 0 amide bonds. The van der Waals surface area contributed by atoms with E-state index in [1.807, 2.05) is 32.9 Å². The van der Waals surface area contributed by atoms with Crippen molar-refractivity contribution in [1.82, 2.24) is 5.32 Å². The van der Waals surface area contributed by atoms with E-state index in [-0.39, 0.29) is 5.60 Å². The summed E-state index contributed by atoms with van der Waals surface area (Å²) in [5, 5.41) is 3.33. The third-order valence-electron chi connectivity index (χ3n) is 2.78. The number of ether oxygens (including phenoxy) is 1. The van der Waals surface area contributed by atoms with E-state index >= 15 is 0 Å². The lowest BCUT2D eigenvalue weighted by Gasteiger charge is -2.29. The molecule has 5 heteroatoms. The van der Waals surface area contributed by atoms with Gasteiger partial charge in [-0.1, -0.05) is 0 Å². The summed E-state index contributed by atoms with van der Waals surface area (Å²) in [7, 11) is 0. The van der Waals surface area contributed by atoms with Crippen molar-refractivity contribution in [3.8, 4) is 0 Å². The van der Waals surface area contributed by atoms with Crippen molar-refractivity contribution in [3.63, 3.8) is 0 Å². The molecule has 20 heavy (non-hydrogen) atoms. The maximum absolute atomic E-state index is 9.60. The zero-order valence-corrected chi connectivity index (χ0v) is 12.6. The zero-order chi connectivity index (χ0) is 15.0. The lowest BCUT2D eigenvalue weighted by molar-refractivity contribution is -0.138. The molecule has 0 unspecified atom stereocenters. The van der Waals surface area contributed by atoms with E-state index < -0.39 is 0 Å². The third kappa shape index (κ3) is 6.43. The number of nitrogens with two attached hydrogens (primary N) is 1. The van der Waals surface area contributed by atoms with E-state index in [0.717, 1.165) is 31.9 Å². The van der Waals surface area contributed by atoms with Crippen molar-refractivity contribution >= 4 is 17.8 Å². The molecule has 0 spiro atoms. The molecule has 0 radical (unpaired) electrons. The maximum Gasteiger partial charge on any atom is 0.293 e. The van der Waals surface area contributed by atoms with E-state index in [0.29, 0.717) is 6.47 Å². The molecule has 1 fully saturated rings. The Morgan fingerprint density at radius 1 is 1.20 bits per heavy atom. The van der Waals surface area contributed by atoms with Gasteiger partial charge >= 0.3 is 0 Å². The molecule has 1 aliphatic rings. The average molecular weight is 279 g/mol. The fourth-order valence-corrected chi connectivity index (χ4v) is 1.75. The van der Waals surface area contributed by atoms with Gasteiger partial charge in [0.25, 0.3) is 6.47 Å². The van der Waals surface area contributed by atoms with Crippen LogP contribution in [0.15, 0.2) is 24.3 Å². The number of carbonyl (C=O) groups excluding carboxylic acids is 1. The minimum Gasteiger partial charge on any atom is -0.462 e. The Morgan fingerprint density at radius 2 is 1.75 bits per heavy atom. The van der Waals surface area contributed by atoms with Gasteiger partial charge in [-0.3, -0.25) is 4.79 Å². The Bertz CT molecular complexity index is 393. The normalized spacial score (nSPS) is 15.1. The number of nitrogen functional groups attached to an aromatic ring is 1. The first-order valence-electron chi connectivity index (χ1n) is 6.85. The van der Waals surface area contributed by atoms with Crippen LogP contribution < -0.4 is 16.0 Å². The summed E-state index contributed by atoms with van der Waals surface area (Å²) in [6.45, 7) is 10.2. The van der Waals surface area contributed by atoms with Crippen molar-refractivity contribution in [2.24, 2.45) is 0 Å². The molecule has 1 aromatic carbocycles. The van der Waals surface area contributed by atoms with Crippen LogP contribution in [0.1, 0.15) is 20.8 Å². The summed E-state index contributed by atoms with van der Waals surface area (Å²) in [5.74, 6) is 0. The summed E-state index contributed by atoms with van der Waals surface area (Å²) >= 11 is 0. The van der Waals surface area contributed by atoms with Gasteiger partial charge in [0.15, 0.2) is 0 Å². The van der Waals surface area contributed by atoms with Crippen molar-refractivity contribution in [2.75, 3.05) is 36.8 Å². The number of anilines is 2. The predicted molar refractivity (Wildman–Crippen MR) is 82.8 cm³/mol. The molecule has 0 aliphatic carbocycles. The van der Waals surface area contributed by atoms with Crippen LogP contribution in [0.3, 0.4) is 0 Å². The Morgan fingerprint density at radius 3 is 2.15 bits per heavy atom. The van der Waals surface area contributed by atoms with Gasteiger partial charge in [0.05, 0.1) is 0 Å². The van der Waals surface area contributed by atoms with Gasteiger partial charge in [0.1, 0.15) is 5.60 Å². The summed E-state index contributed by atoms with van der Waals surface area (Å²) in [6, 6.07) is 8.08. The number of hydrogen-bond acceptors (Lipinski definition) is 5. The Hall–Kier alpha value is -1.75. The van der Waals surface area contributed by atoms with Gasteiger partial charge in [-0.2, -0.15) is 0 Å². The number of carbonyl (C=O) groups is 1. The topological polar surface area (TPSA) is 67.6 Å². The molecule has 112 valence electrons. The molecular weight excluding hydrogens is 254 g/mol. The Labute approximate surface area is 121 Å². The predicted octanol–water partition coefficient (Wildman–Crippen LogP) is 1.64. The largest absolute Gasteiger partial charge is 0.462 e. The van der Waals surface area contributed by atoms with Crippen LogP contribution in [0.5, 0.6) is 0 Å². The molecular formula is C15H25N3O2. The highest BCUT2D eigenvalue weighted by Gasteiger charge is 2.09. The van der Waals surface area contributed by atoms with E-state index in [1.54, 1.807) is 0 Å². The highest BCUT2D eigenvalue weighted by Crippen LogP contribution is 2.16. The standard InChI is InChI=1S/C10H15N3.C5H10O2/c11-9-1-3-10(4-2-9)13-7-5-12-6-8-13;1-5(2,3)7-4-6/h1-4,12H,5-8,11H2;4H,1-3H3. The number of hydrogen-bond donors (Lipinski definition) is 2. The van der Waals surface area contributed by atoms with Gasteiger partial charge in [-0.25, -0.2) is 0 Å². The highest BCUT2D eigenvalue weighted by atomic mass is 16.5. The second-order valence-electron chi connectivity index (χ2n) is 5.66. The lowest BCUT2D eigenvalue weighted by atomic mass is 10.2. The average Bonchev–Trinajstić information content (AvgIpc) is 2.40. The third-order valence-corrected chi connectivity index (χ3v) is 2.78. The first-order valence-corrected chi connectivity index (χ1v) is 6.85. The molecule has 2 rings (SSSR count). The molecule has 0 aromatic heterocycles. The summed E-state index contributed by atoms with van der Waals surface area (Å²) in [6.07, 6.45) is 0. The van der Waals surface area contributed by atoms with Crippen LogP contribution in [0, 0.1) is 0 Å². The fourth-order valence-electron chi connectivity index (χ4n) is 1.75. The van der Waals surface area contributed by atoms with E-state index in [1.165, 1.54) is 5.69 Å². The minimum absolute atomic E-state index is 0.318. The van der Waals surface area contributed by atoms with Crippen LogP contribution in [-0.2, 0) is 9.53 Å². The minimum atomic E-state index is -0.318. The molecule has 1 aliphatic heterocycles. The van der Waals surface area contributed by atoms with Crippen molar-refractivity contribution < 1.29 is 9.53 Å². The molecule has 0 atom stereocenters. The van der Waals surface area contributed by atoms with Crippen LogP contribution in [-0.4, -0.2) is 38.3 Å². The van der Waals surface area contributed by atoms with Crippen LogP contribution >= 0.6 is 0 Å². The molecule has 1 aromatic rings. The van der Waals surface area contributed by atoms with E-state index in [2.05, 4.69) is 27.1 Å². The molecule has 0 bridgehead atoms. The second kappa shape index (κ2) is 7.75. The van der Waals surface area contributed by atoms with Crippen LogP contribution in [0.4, 0.5) is 11.4 Å². The summed E-state index contributed by atoms with van der Waals surface area (Å²) in [4.78, 5) is 12.0. The van der Waals surface area contributed by atoms with Crippen LogP contribution in [0.2, 0.25) is 0 Å². The maximum atomic E-state index is 9.60. The first kappa shape index (κ1) is 16.3. The van der Waals surface area contributed by atoms with Crippen molar-refractivity contribution in [1.29, 1.82) is 0 Å². The van der Waals surface area contributed by atoms with Gasteiger partial charge in [0.2, 0.25) is 0 Å². The number of nitrogens with one attached hydrogen (secondary N) is 1. The number of piperazine rings is 1. The highest BCUT2D eigenvalue weighted by molar-refractivity contribution is 5.53.